The van der Waals surface area contributed by atoms with Crippen molar-refractivity contribution < 1.29 is 0 Å². The Hall–Kier alpha value is -7.35. The van der Waals surface area contributed by atoms with Crippen LogP contribution in [-0.2, 0) is 0 Å². The summed E-state index contributed by atoms with van der Waals surface area (Å²) < 4.78 is 7.17. The zero-order valence-electron chi connectivity index (χ0n) is 28.6. The van der Waals surface area contributed by atoms with E-state index in [1.807, 2.05) is 18.2 Å². The first-order chi connectivity index (χ1) is 26.3. The molecule has 0 aliphatic rings. The minimum atomic E-state index is 0.631. The summed E-state index contributed by atoms with van der Waals surface area (Å²) in [7, 11) is 0. The molecule has 0 atom stereocenters. The highest BCUT2D eigenvalue weighted by molar-refractivity contribution is 6.31. The normalized spacial score (nSPS) is 11.8. The minimum Gasteiger partial charge on any atom is -0.309 e. The Morgan fingerprint density at radius 2 is 0.849 bits per heavy atom. The number of aromatic nitrogens is 3. The van der Waals surface area contributed by atoms with E-state index in [2.05, 4.69) is 184 Å². The van der Waals surface area contributed by atoms with Crippen LogP contribution in [0.4, 0.5) is 0 Å². The Morgan fingerprint density at radius 3 is 1.43 bits per heavy atom. The third-order valence-corrected chi connectivity index (χ3v) is 10.9. The number of benzene rings is 8. The lowest BCUT2D eigenvalue weighted by Crippen LogP contribution is -1.98. The van der Waals surface area contributed by atoms with Crippen molar-refractivity contribution in [2.45, 2.75) is 0 Å². The molecule has 3 heterocycles. The minimum absolute atomic E-state index is 0.631. The lowest BCUT2D eigenvalue weighted by Gasteiger charge is -2.13. The number of hydrogen-bond donors (Lipinski definition) is 0. The molecule has 0 N–H and O–H groups in total. The lowest BCUT2D eigenvalue weighted by atomic mass is 10.0. The molecule has 4 heteroatoms. The number of fused-ring (bicyclic) bond motifs is 11. The van der Waals surface area contributed by atoms with Crippen molar-refractivity contribution in [2.75, 3.05) is 0 Å². The van der Waals surface area contributed by atoms with Gasteiger partial charge in [-0.05, 0) is 71.8 Å². The molecule has 11 aromatic rings. The Labute approximate surface area is 305 Å². The molecular formula is C49H30N4. The van der Waals surface area contributed by atoms with Crippen LogP contribution in [0.1, 0.15) is 5.56 Å². The molecule has 0 radical (unpaired) electrons. The van der Waals surface area contributed by atoms with E-state index in [0.717, 1.165) is 55.5 Å². The molecule has 0 fully saturated rings. The zero-order valence-corrected chi connectivity index (χ0v) is 28.6. The van der Waals surface area contributed by atoms with Crippen LogP contribution in [0.5, 0.6) is 0 Å². The van der Waals surface area contributed by atoms with E-state index in [1.54, 1.807) is 0 Å². The zero-order chi connectivity index (χ0) is 35.0. The van der Waals surface area contributed by atoms with E-state index in [-0.39, 0.29) is 0 Å². The van der Waals surface area contributed by atoms with E-state index < -0.39 is 0 Å². The maximum absolute atomic E-state index is 10.5. The lowest BCUT2D eigenvalue weighted by molar-refractivity contribution is 1.16. The first-order valence-corrected chi connectivity index (χ1v) is 17.9. The summed E-state index contributed by atoms with van der Waals surface area (Å²) >= 11 is 0. The number of nitriles is 1. The van der Waals surface area contributed by atoms with Crippen LogP contribution in [0.2, 0.25) is 0 Å². The summed E-state index contributed by atoms with van der Waals surface area (Å²) in [5, 5.41) is 17.6. The van der Waals surface area contributed by atoms with Crippen molar-refractivity contribution in [2.24, 2.45) is 0 Å². The first kappa shape index (κ1) is 29.4. The molecule has 0 saturated carbocycles. The van der Waals surface area contributed by atoms with Crippen LogP contribution in [0.25, 0.3) is 93.6 Å². The molecule has 246 valence electrons. The van der Waals surface area contributed by atoms with E-state index in [4.69, 9.17) is 0 Å². The number of rotatable bonds is 4. The largest absolute Gasteiger partial charge is 0.309 e. The van der Waals surface area contributed by atoms with Crippen molar-refractivity contribution in [1.82, 2.24) is 13.7 Å². The fraction of sp³-hybridized carbons (Fsp3) is 0. The fourth-order valence-corrected chi connectivity index (χ4v) is 8.67. The molecule has 0 aliphatic carbocycles. The van der Waals surface area contributed by atoms with Crippen molar-refractivity contribution >= 4 is 65.4 Å². The van der Waals surface area contributed by atoms with Crippen LogP contribution in [0.3, 0.4) is 0 Å². The third-order valence-electron chi connectivity index (χ3n) is 10.9. The average molecular weight is 675 g/mol. The number of nitrogens with zero attached hydrogens (tertiary/aromatic N) is 4. The summed E-state index contributed by atoms with van der Waals surface area (Å²) in [4.78, 5) is 0. The summed E-state index contributed by atoms with van der Waals surface area (Å²) in [6.45, 7) is 0. The molecule has 0 saturated heterocycles. The van der Waals surface area contributed by atoms with Gasteiger partial charge >= 0.3 is 0 Å². The summed E-state index contributed by atoms with van der Waals surface area (Å²) in [6.07, 6.45) is 0. The van der Waals surface area contributed by atoms with Gasteiger partial charge in [0.25, 0.3) is 0 Å². The highest BCUT2D eigenvalue weighted by Crippen LogP contribution is 2.46. The predicted molar refractivity (Wildman–Crippen MR) is 220 cm³/mol. The second kappa shape index (κ2) is 11.3. The molecule has 0 aliphatic heterocycles. The van der Waals surface area contributed by atoms with E-state index in [9.17, 15) is 5.26 Å². The second-order valence-corrected chi connectivity index (χ2v) is 13.6. The molecule has 4 nitrogen and oxygen atoms in total. The van der Waals surface area contributed by atoms with Gasteiger partial charge in [-0.3, -0.25) is 0 Å². The predicted octanol–water partition coefficient (Wildman–Crippen LogP) is 12.5. The maximum Gasteiger partial charge on any atom is 0.101 e. The highest BCUT2D eigenvalue weighted by atomic mass is 15.0. The molecule has 0 bridgehead atoms. The smallest absolute Gasteiger partial charge is 0.101 e. The van der Waals surface area contributed by atoms with Gasteiger partial charge in [-0.1, -0.05) is 121 Å². The number of para-hydroxylation sites is 4. The van der Waals surface area contributed by atoms with Crippen molar-refractivity contribution in [3.05, 3.63) is 188 Å². The van der Waals surface area contributed by atoms with E-state index in [0.29, 0.717) is 5.56 Å². The van der Waals surface area contributed by atoms with Gasteiger partial charge in [0, 0.05) is 43.7 Å². The van der Waals surface area contributed by atoms with Gasteiger partial charge in [0.2, 0.25) is 0 Å². The van der Waals surface area contributed by atoms with Crippen LogP contribution in [0, 0.1) is 11.3 Å². The van der Waals surface area contributed by atoms with Gasteiger partial charge in [-0.15, -0.1) is 0 Å². The summed E-state index contributed by atoms with van der Waals surface area (Å²) in [5.74, 6) is 0. The molecule has 11 rings (SSSR count). The van der Waals surface area contributed by atoms with Gasteiger partial charge < -0.3 is 13.7 Å². The standard InChI is InChI=1S/C49H30N4/c50-31-34-25-24-33(32-14-4-1-5-15-32)30-45(34)53-42-23-13-11-21-40(42)47-44(53)29-27-38-37-26-28-43-46(48(37)52(49(38)47)36-18-8-3-9-19-36)39-20-10-12-22-41(39)51(43)35-16-6-2-7-17-35/h1-30H. The quantitative estimate of drug-likeness (QED) is 0.183. The molecule has 53 heavy (non-hydrogen) atoms. The Bertz CT molecular complexity index is 3270. The van der Waals surface area contributed by atoms with Gasteiger partial charge in [0.15, 0.2) is 0 Å². The van der Waals surface area contributed by atoms with Crippen LogP contribution in [0.15, 0.2) is 182 Å². The van der Waals surface area contributed by atoms with Crippen LogP contribution < -0.4 is 0 Å². The maximum atomic E-state index is 10.5. The summed E-state index contributed by atoms with van der Waals surface area (Å²) in [6, 6.07) is 67.0. The topological polar surface area (TPSA) is 38.6 Å². The van der Waals surface area contributed by atoms with E-state index in [1.165, 1.54) is 38.1 Å². The van der Waals surface area contributed by atoms with Crippen LogP contribution >= 0.6 is 0 Å². The SMILES string of the molecule is N#Cc1ccc(-c2ccccc2)cc1-n1c2ccccc2c2c1ccc1c3ccc4c(c5ccccc5n4-c4ccccc4)c3n(-c3ccccc3)c12. The summed E-state index contributed by atoms with van der Waals surface area (Å²) in [5.41, 5.74) is 12.7. The molecule has 0 spiro atoms. The first-order valence-electron chi connectivity index (χ1n) is 17.9. The van der Waals surface area contributed by atoms with Gasteiger partial charge in [-0.25, -0.2) is 0 Å². The molecule has 0 unspecified atom stereocenters. The molecule has 0 amide bonds. The molecule has 3 aromatic heterocycles. The monoisotopic (exact) mass is 674 g/mol. The highest BCUT2D eigenvalue weighted by Gasteiger charge is 2.25. The Kier molecular flexibility index (Phi) is 6.28. The van der Waals surface area contributed by atoms with Gasteiger partial charge in [-0.2, -0.15) is 5.26 Å². The van der Waals surface area contributed by atoms with E-state index >= 15 is 0 Å². The van der Waals surface area contributed by atoms with Crippen molar-refractivity contribution in [3.63, 3.8) is 0 Å². The molecule has 8 aromatic carbocycles. The number of hydrogen-bond acceptors (Lipinski definition) is 1. The third kappa shape index (κ3) is 4.16. The van der Waals surface area contributed by atoms with Crippen LogP contribution in [-0.4, -0.2) is 13.7 Å². The van der Waals surface area contributed by atoms with Gasteiger partial charge in [0.1, 0.15) is 6.07 Å². The van der Waals surface area contributed by atoms with Gasteiger partial charge in [0.05, 0.1) is 44.4 Å². The Morgan fingerprint density at radius 1 is 0.358 bits per heavy atom. The average Bonchev–Trinajstić information content (AvgIpc) is 3.87. The second-order valence-electron chi connectivity index (χ2n) is 13.6. The fourth-order valence-electron chi connectivity index (χ4n) is 8.67. The van der Waals surface area contributed by atoms with Crippen molar-refractivity contribution in [1.29, 1.82) is 5.26 Å². The molecular weight excluding hydrogens is 645 g/mol. The van der Waals surface area contributed by atoms with Crippen molar-refractivity contribution in [3.8, 4) is 34.3 Å². The Balaban J connectivity index is 1.34.